The molecule has 122 valence electrons. The maximum absolute atomic E-state index is 11.9. The molecule has 1 aliphatic heterocycles. The highest BCUT2D eigenvalue weighted by molar-refractivity contribution is 5.87. The van der Waals surface area contributed by atoms with Crippen LogP contribution in [0.15, 0.2) is 30.3 Å². The normalized spacial score (nSPS) is 18.1. The number of benzene rings is 1. The molecule has 22 heavy (non-hydrogen) atoms. The van der Waals surface area contributed by atoms with Crippen LogP contribution in [0.4, 0.5) is 0 Å². The maximum Gasteiger partial charge on any atom is 0.242 e. The highest BCUT2D eigenvalue weighted by Crippen LogP contribution is 2.08. The summed E-state index contributed by atoms with van der Waals surface area (Å²) < 4.78 is 0. The molecule has 2 atom stereocenters. The van der Waals surface area contributed by atoms with Gasteiger partial charge in [0.15, 0.2) is 0 Å². The molecular formula is C16H24ClN3O2. The summed E-state index contributed by atoms with van der Waals surface area (Å²) in [6.45, 7) is 3.16. The van der Waals surface area contributed by atoms with E-state index in [1.165, 1.54) is 0 Å². The molecule has 0 radical (unpaired) electrons. The second-order valence-electron chi connectivity index (χ2n) is 5.49. The average molecular weight is 326 g/mol. The molecule has 2 unspecified atom stereocenters. The van der Waals surface area contributed by atoms with Gasteiger partial charge >= 0.3 is 0 Å². The van der Waals surface area contributed by atoms with Crippen molar-refractivity contribution in [2.45, 2.75) is 44.8 Å². The van der Waals surface area contributed by atoms with Crippen LogP contribution in [-0.4, -0.2) is 30.4 Å². The molecule has 0 saturated carbocycles. The van der Waals surface area contributed by atoms with Gasteiger partial charge in [0.25, 0.3) is 0 Å². The minimum absolute atomic E-state index is 0. The van der Waals surface area contributed by atoms with Crippen LogP contribution < -0.4 is 16.0 Å². The highest BCUT2D eigenvalue weighted by atomic mass is 35.5. The molecule has 0 spiro atoms. The lowest BCUT2D eigenvalue weighted by Gasteiger charge is -2.16. The van der Waals surface area contributed by atoms with Crippen LogP contribution in [0.3, 0.4) is 0 Å². The van der Waals surface area contributed by atoms with Crippen molar-refractivity contribution in [1.29, 1.82) is 0 Å². The van der Waals surface area contributed by atoms with E-state index in [0.29, 0.717) is 13.0 Å². The minimum atomic E-state index is -0.511. The minimum Gasteiger partial charge on any atom is -0.350 e. The number of rotatable bonds is 6. The Morgan fingerprint density at radius 2 is 2.05 bits per heavy atom. The van der Waals surface area contributed by atoms with E-state index >= 15 is 0 Å². The quantitative estimate of drug-likeness (QED) is 0.740. The molecule has 1 aliphatic rings. The highest BCUT2D eigenvalue weighted by Gasteiger charge is 2.20. The third-order valence-corrected chi connectivity index (χ3v) is 3.67. The molecule has 1 fully saturated rings. The van der Waals surface area contributed by atoms with Crippen molar-refractivity contribution in [3.05, 3.63) is 35.9 Å². The summed E-state index contributed by atoms with van der Waals surface area (Å²) >= 11 is 0. The predicted molar refractivity (Wildman–Crippen MR) is 88.8 cm³/mol. The zero-order valence-electron chi connectivity index (χ0n) is 12.8. The van der Waals surface area contributed by atoms with Gasteiger partial charge in [-0.1, -0.05) is 30.3 Å². The van der Waals surface area contributed by atoms with E-state index in [2.05, 4.69) is 16.0 Å². The lowest BCUT2D eigenvalue weighted by atomic mass is 10.1. The van der Waals surface area contributed by atoms with Gasteiger partial charge < -0.3 is 16.0 Å². The van der Waals surface area contributed by atoms with Gasteiger partial charge in [-0.15, -0.1) is 12.4 Å². The first-order valence-electron chi connectivity index (χ1n) is 7.49. The Bertz CT molecular complexity index is 476. The first-order chi connectivity index (χ1) is 10.1. The van der Waals surface area contributed by atoms with Gasteiger partial charge in [0.2, 0.25) is 11.8 Å². The smallest absolute Gasteiger partial charge is 0.242 e. The molecule has 1 heterocycles. The Labute approximate surface area is 137 Å². The van der Waals surface area contributed by atoms with Crippen molar-refractivity contribution < 1.29 is 9.59 Å². The summed E-state index contributed by atoms with van der Waals surface area (Å²) in [5.41, 5.74) is 1.04. The van der Waals surface area contributed by atoms with E-state index in [9.17, 15) is 9.59 Å². The monoisotopic (exact) mass is 325 g/mol. The van der Waals surface area contributed by atoms with Gasteiger partial charge in [-0.3, -0.25) is 9.59 Å². The summed E-state index contributed by atoms with van der Waals surface area (Å²) in [5.74, 6) is -0.233. The van der Waals surface area contributed by atoms with E-state index in [0.717, 1.165) is 24.9 Å². The topological polar surface area (TPSA) is 70.2 Å². The Hall–Kier alpha value is -1.59. The van der Waals surface area contributed by atoms with Crippen LogP contribution in [-0.2, 0) is 16.1 Å². The molecule has 3 N–H and O–H groups in total. The van der Waals surface area contributed by atoms with Crippen LogP contribution in [0.25, 0.3) is 0 Å². The number of nitrogens with one attached hydrogen (secondary N) is 3. The molecule has 5 nitrogen and oxygen atoms in total. The Kier molecular flexibility index (Phi) is 7.91. The Morgan fingerprint density at radius 3 is 2.68 bits per heavy atom. The van der Waals surface area contributed by atoms with Crippen molar-refractivity contribution >= 4 is 24.2 Å². The lowest BCUT2D eigenvalue weighted by molar-refractivity contribution is -0.128. The summed E-state index contributed by atoms with van der Waals surface area (Å²) in [6.07, 6.45) is 2.59. The number of halogens is 1. The maximum atomic E-state index is 11.9. The van der Waals surface area contributed by atoms with E-state index in [-0.39, 0.29) is 30.3 Å². The van der Waals surface area contributed by atoms with Crippen molar-refractivity contribution in [3.63, 3.8) is 0 Å². The van der Waals surface area contributed by atoms with Crippen LogP contribution in [0.5, 0.6) is 0 Å². The summed E-state index contributed by atoms with van der Waals surface area (Å²) in [7, 11) is 0. The SMILES string of the molecule is CC(NC(=O)CC1CCCN1)C(=O)NCc1ccccc1.Cl. The molecule has 0 aromatic heterocycles. The largest absolute Gasteiger partial charge is 0.350 e. The fraction of sp³-hybridized carbons (Fsp3) is 0.500. The molecular weight excluding hydrogens is 302 g/mol. The average Bonchev–Trinajstić information content (AvgIpc) is 2.98. The zero-order valence-corrected chi connectivity index (χ0v) is 13.6. The zero-order chi connectivity index (χ0) is 15.1. The Morgan fingerprint density at radius 1 is 1.32 bits per heavy atom. The van der Waals surface area contributed by atoms with Crippen molar-refractivity contribution in [1.82, 2.24) is 16.0 Å². The van der Waals surface area contributed by atoms with Gasteiger partial charge in [-0.05, 0) is 31.9 Å². The molecule has 1 saturated heterocycles. The summed E-state index contributed by atoms with van der Waals surface area (Å²) in [5, 5.41) is 8.86. The summed E-state index contributed by atoms with van der Waals surface area (Å²) in [4.78, 5) is 23.8. The van der Waals surface area contributed by atoms with E-state index in [4.69, 9.17) is 0 Å². The molecule has 2 amide bonds. The molecule has 6 heteroatoms. The number of hydrogen-bond acceptors (Lipinski definition) is 3. The first-order valence-corrected chi connectivity index (χ1v) is 7.49. The van der Waals surface area contributed by atoms with Crippen molar-refractivity contribution in [2.24, 2.45) is 0 Å². The fourth-order valence-electron chi connectivity index (χ4n) is 2.46. The van der Waals surface area contributed by atoms with Crippen LogP contribution in [0.2, 0.25) is 0 Å². The second-order valence-corrected chi connectivity index (χ2v) is 5.49. The number of carbonyl (C=O) groups excluding carboxylic acids is 2. The van der Waals surface area contributed by atoms with E-state index < -0.39 is 6.04 Å². The molecule has 1 aromatic rings. The van der Waals surface area contributed by atoms with E-state index in [1.54, 1.807) is 6.92 Å². The van der Waals surface area contributed by atoms with Gasteiger partial charge in [-0.2, -0.15) is 0 Å². The molecule has 2 rings (SSSR count). The van der Waals surface area contributed by atoms with E-state index in [1.807, 2.05) is 30.3 Å². The van der Waals surface area contributed by atoms with Gasteiger partial charge in [0.05, 0.1) is 0 Å². The van der Waals surface area contributed by atoms with Gasteiger partial charge in [0.1, 0.15) is 6.04 Å². The van der Waals surface area contributed by atoms with Gasteiger partial charge in [0, 0.05) is 19.0 Å². The van der Waals surface area contributed by atoms with Crippen LogP contribution >= 0.6 is 12.4 Å². The van der Waals surface area contributed by atoms with Gasteiger partial charge in [-0.25, -0.2) is 0 Å². The molecule has 1 aromatic carbocycles. The molecule has 0 aliphatic carbocycles. The first kappa shape index (κ1) is 18.5. The third kappa shape index (κ3) is 6.03. The Balaban J connectivity index is 0.00000242. The lowest BCUT2D eigenvalue weighted by Crippen LogP contribution is -2.45. The standard InChI is InChI=1S/C16H23N3O2.ClH/c1-12(19-15(20)10-14-8-5-9-17-14)16(21)18-11-13-6-3-2-4-7-13;/h2-4,6-7,12,14,17H,5,8-11H2,1H3,(H,18,21)(H,19,20);1H. The summed E-state index contributed by atoms with van der Waals surface area (Å²) in [6, 6.07) is 9.45. The fourth-order valence-corrected chi connectivity index (χ4v) is 2.46. The second kappa shape index (κ2) is 9.43. The van der Waals surface area contributed by atoms with Crippen molar-refractivity contribution in [2.75, 3.05) is 6.54 Å². The number of hydrogen-bond donors (Lipinski definition) is 3. The van der Waals surface area contributed by atoms with Crippen molar-refractivity contribution in [3.8, 4) is 0 Å². The number of carbonyl (C=O) groups is 2. The molecule has 0 bridgehead atoms. The third-order valence-electron chi connectivity index (χ3n) is 3.67. The van der Waals surface area contributed by atoms with Crippen LogP contribution in [0.1, 0.15) is 31.7 Å². The predicted octanol–water partition coefficient (Wildman–Crippen LogP) is 1.37. The number of amides is 2. The van der Waals surface area contributed by atoms with Crippen LogP contribution in [0, 0.1) is 0 Å².